The molecule has 0 aromatic heterocycles. The molecule has 0 N–H and O–H groups in total. The summed E-state index contributed by atoms with van der Waals surface area (Å²) in [7, 11) is 8.80. The van der Waals surface area contributed by atoms with Crippen LogP contribution in [0.1, 0.15) is 35.3 Å². The maximum Gasteiger partial charge on any atom is 0.262 e. The number of hydrogen-bond acceptors (Lipinski definition) is 9. The molecule has 0 fully saturated rings. The zero-order valence-corrected chi connectivity index (χ0v) is 24.0. The summed E-state index contributed by atoms with van der Waals surface area (Å²) in [4.78, 5) is 41.5. The third-order valence-electron chi connectivity index (χ3n) is 8.18. The molecule has 0 saturated carbocycles. The minimum Gasteiger partial charge on any atom is -0.496 e. The number of fused-ring (bicyclic) bond motifs is 1. The average molecular weight is 557 g/mol. The molecule has 0 bridgehead atoms. The van der Waals surface area contributed by atoms with E-state index >= 15 is 0 Å². The second-order valence-electron chi connectivity index (χ2n) is 10.0. The molecule has 0 aliphatic heterocycles. The standard InChI is InChI=1S/C32H28O9/c1-12-9-14-21-22-15(31(40-7)29(35)30(14)39-6)10-16(36-3)23-17(37-4)11-18(38-5)24(26(22)23)27-25(21)19(12)20(13(2)33)32(41-8)28(27)34/h10-11H,9H2,1-8H3. The van der Waals surface area contributed by atoms with Gasteiger partial charge in [-0.15, -0.1) is 0 Å². The largest absolute Gasteiger partial charge is 0.496 e. The Kier molecular flexibility index (Phi) is 5.88. The summed E-state index contributed by atoms with van der Waals surface area (Å²) in [5.41, 5.74) is 2.57. The molecular formula is C32H28O9. The molecule has 0 amide bonds. The summed E-state index contributed by atoms with van der Waals surface area (Å²) in [6.45, 7) is 3.29. The van der Waals surface area contributed by atoms with Gasteiger partial charge in [-0.25, -0.2) is 0 Å². The number of hydrogen-bond donors (Lipinski definition) is 0. The molecule has 0 heterocycles. The second-order valence-corrected chi connectivity index (χ2v) is 10.0. The van der Waals surface area contributed by atoms with Gasteiger partial charge >= 0.3 is 0 Å². The Morgan fingerprint density at radius 1 is 0.683 bits per heavy atom. The van der Waals surface area contributed by atoms with E-state index in [0.717, 1.165) is 5.57 Å². The number of carbonyl (C=O) groups excluding carboxylic acids is 2. The van der Waals surface area contributed by atoms with Crippen LogP contribution >= 0.6 is 0 Å². The minimum absolute atomic E-state index is 0.0444. The molecule has 0 unspecified atom stereocenters. The second kappa shape index (κ2) is 9.12. The van der Waals surface area contributed by atoms with Crippen molar-refractivity contribution in [1.29, 1.82) is 0 Å². The Balaban J connectivity index is 2.12. The van der Waals surface area contributed by atoms with E-state index in [0.29, 0.717) is 78.3 Å². The van der Waals surface area contributed by atoms with Crippen molar-refractivity contribution in [3.8, 4) is 28.7 Å². The Bertz CT molecular complexity index is 2000. The van der Waals surface area contributed by atoms with Gasteiger partial charge in [0, 0.05) is 44.3 Å². The maximum absolute atomic E-state index is 14.4. The normalized spacial score (nSPS) is 14.3. The van der Waals surface area contributed by atoms with Crippen LogP contribution in [-0.4, -0.2) is 54.2 Å². The van der Waals surface area contributed by atoms with E-state index in [4.69, 9.17) is 28.4 Å². The highest BCUT2D eigenvalue weighted by molar-refractivity contribution is 6.39. The van der Waals surface area contributed by atoms with Crippen LogP contribution in [0.25, 0.3) is 37.9 Å². The van der Waals surface area contributed by atoms with Gasteiger partial charge in [-0.05, 0) is 37.3 Å². The molecule has 0 spiro atoms. The zero-order valence-electron chi connectivity index (χ0n) is 24.0. The molecular weight excluding hydrogens is 528 g/mol. The number of ether oxygens (including phenoxy) is 6. The first-order valence-corrected chi connectivity index (χ1v) is 12.9. The van der Waals surface area contributed by atoms with Crippen LogP contribution in [0.5, 0.6) is 28.7 Å². The summed E-state index contributed by atoms with van der Waals surface area (Å²) in [6.07, 6.45) is 0.290. The van der Waals surface area contributed by atoms with Gasteiger partial charge in [-0.1, -0.05) is 5.57 Å². The first kappa shape index (κ1) is 26.4. The third kappa shape index (κ3) is 3.14. The summed E-state index contributed by atoms with van der Waals surface area (Å²) in [5.74, 6) is 0.571. The van der Waals surface area contributed by atoms with E-state index in [1.54, 1.807) is 12.1 Å². The molecule has 4 aromatic carbocycles. The number of methoxy groups -OCH3 is 6. The van der Waals surface area contributed by atoms with Crippen LogP contribution < -0.4 is 29.1 Å². The molecule has 0 saturated heterocycles. The van der Waals surface area contributed by atoms with Gasteiger partial charge in [0.15, 0.2) is 23.0 Å². The van der Waals surface area contributed by atoms with Crippen LogP contribution in [0.2, 0.25) is 0 Å². The highest BCUT2D eigenvalue weighted by atomic mass is 16.5. The first-order chi connectivity index (χ1) is 19.7. The molecule has 4 aromatic rings. The average Bonchev–Trinajstić information content (AvgIpc) is 3.06. The molecule has 9 heteroatoms. The molecule has 2 aliphatic carbocycles. The topological polar surface area (TPSA) is 107 Å². The van der Waals surface area contributed by atoms with Gasteiger partial charge in [-0.2, -0.15) is 0 Å². The Labute approximate surface area is 235 Å². The monoisotopic (exact) mass is 556 g/mol. The molecule has 210 valence electrons. The van der Waals surface area contributed by atoms with Gasteiger partial charge in [0.1, 0.15) is 17.2 Å². The van der Waals surface area contributed by atoms with E-state index in [9.17, 15) is 14.4 Å². The lowest BCUT2D eigenvalue weighted by molar-refractivity contribution is -0.113. The Hall–Kier alpha value is -4.79. The maximum atomic E-state index is 14.4. The van der Waals surface area contributed by atoms with Crippen molar-refractivity contribution in [3.63, 3.8) is 0 Å². The summed E-state index contributed by atoms with van der Waals surface area (Å²) < 4.78 is 34.6. The summed E-state index contributed by atoms with van der Waals surface area (Å²) in [5, 5.41) is 3.38. The van der Waals surface area contributed by atoms with Gasteiger partial charge in [0.05, 0.1) is 53.6 Å². The molecule has 0 atom stereocenters. The highest BCUT2D eigenvalue weighted by Gasteiger charge is 2.42. The number of ketones is 2. The van der Waals surface area contributed by atoms with Crippen molar-refractivity contribution in [2.45, 2.75) is 20.3 Å². The molecule has 6 rings (SSSR count). The van der Waals surface area contributed by atoms with Gasteiger partial charge < -0.3 is 28.4 Å². The lowest BCUT2D eigenvalue weighted by Gasteiger charge is -2.32. The van der Waals surface area contributed by atoms with Crippen molar-refractivity contribution < 1.29 is 38.0 Å². The Morgan fingerprint density at radius 3 is 1.85 bits per heavy atom. The minimum atomic E-state index is -0.469. The Morgan fingerprint density at radius 2 is 1.29 bits per heavy atom. The number of Topliss-reactive ketones (excluding diaryl/α,β-unsaturated/α-hetero) is 2. The van der Waals surface area contributed by atoms with E-state index < -0.39 is 11.2 Å². The summed E-state index contributed by atoms with van der Waals surface area (Å²) >= 11 is 0. The number of benzene rings is 3. The van der Waals surface area contributed by atoms with Crippen LogP contribution in [0.15, 0.2) is 33.8 Å². The lowest BCUT2D eigenvalue weighted by atomic mass is 9.71. The van der Waals surface area contributed by atoms with E-state index in [1.807, 2.05) is 6.92 Å². The van der Waals surface area contributed by atoms with Crippen LogP contribution in [0.4, 0.5) is 0 Å². The zero-order chi connectivity index (χ0) is 29.5. The van der Waals surface area contributed by atoms with Crippen molar-refractivity contribution in [2.75, 3.05) is 42.7 Å². The smallest absolute Gasteiger partial charge is 0.262 e. The predicted octanol–water partition coefficient (Wildman–Crippen LogP) is 5.00. The van der Waals surface area contributed by atoms with Gasteiger partial charge in [0.2, 0.25) is 5.78 Å². The lowest BCUT2D eigenvalue weighted by Crippen LogP contribution is -2.24. The van der Waals surface area contributed by atoms with Crippen molar-refractivity contribution in [3.05, 3.63) is 56.0 Å². The molecule has 2 aliphatic rings. The van der Waals surface area contributed by atoms with Crippen LogP contribution in [0, 0.1) is 0 Å². The fourth-order valence-corrected chi connectivity index (χ4v) is 6.70. The van der Waals surface area contributed by atoms with Gasteiger partial charge in [-0.3, -0.25) is 14.4 Å². The number of rotatable bonds is 7. The number of carbonyl (C=O) groups is 2. The van der Waals surface area contributed by atoms with Crippen molar-refractivity contribution in [2.24, 2.45) is 0 Å². The summed E-state index contributed by atoms with van der Waals surface area (Å²) in [6, 6.07) is 3.44. The number of allylic oxidation sites excluding steroid dienone is 4. The predicted molar refractivity (Wildman–Crippen MR) is 155 cm³/mol. The van der Waals surface area contributed by atoms with E-state index in [2.05, 4.69) is 0 Å². The van der Waals surface area contributed by atoms with Crippen molar-refractivity contribution >= 4 is 49.5 Å². The first-order valence-electron chi connectivity index (χ1n) is 12.9. The van der Waals surface area contributed by atoms with Crippen LogP contribution in [-0.2, 0) is 16.0 Å². The van der Waals surface area contributed by atoms with Crippen molar-refractivity contribution in [1.82, 2.24) is 0 Å². The van der Waals surface area contributed by atoms with Gasteiger partial charge in [0.25, 0.3) is 5.43 Å². The molecule has 0 radical (unpaired) electrons. The third-order valence-corrected chi connectivity index (χ3v) is 8.18. The van der Waals surface area contributed by atoms with E-state index in [-0.39, 0.29) is 28.6 Å². The quantitative estimate of drug-likeness (QED) is 0.311. The fraction of sp³-hybridized carbons (Fsp3) is 0.281. The van der Waals surface area contributed by atoms with E-state index in [1.165, 1.54) is 49.6 Å². The van der Waals surface area contributed by atoms with Crippen LogP contribution in [0.3, 0.4) is 0 Å². The SMILES string of the molecule is COC1=C(C(C)=O)C2=C(C)Cc3c(OC)c(=O)c(OC)c4cc(OC)c5c(OC)cc(OC)c6c(c2c3c4c56)C1=O. The fourth-order valence-electron chi connectivity index (χ4n) is 6.70. The highest BCUT2D eigenvalue weighted by Crippen LogP contribution is 2.57. The molecule has 41 heavy (non-hydrogen) atoms. The molecule has 9 nitrogen and oxygen atoms in total.